The molecule has 0 bridgehead atoms. The number of primary amides is 1. The molecule has 4 N–H and O–H groups in total. The van der Waals surface area contributed by atoms with Gasteiger partial charge in [-0.3, -0.25) is 4.79 Å². The summed E-state index contributed by atoms with van der Waals surface area (Å²) in [5, 5.41) is -0.516. The zero-order valence-corrected chi connectivity index (χ0v) is 13.0. The summed E-state index contributed by atoms with van der Waals surface area (Å²) in [4.78, 5) is 9.09. The normalized spacial score (nSPS) is 8.35. The molecule has 1 amide bonds. The van der Waals surface area contributed by atoms with Crippen molar-refractivity contribution in [2.45, 2.75) is 6.92 Å². The van der Waals surface area contributed by atoms with E-state index in [0.29, 0.717) is 6.61 Å². The largest absolute Gasteiger partial charge is 0.576 e. The first-order chi connectivity index (χ1) is 7.85. The van der Waals surface area contributed by atoms with Crippen LogP contribution >= 0.6 is 24.8 Å². The second-order valence-electron chi connectivity index (χ2n) is 1.95. The van der Waals surface area contributed by atoms with Crippen molar-refractivity contribution in [2.24, 2.45) is 11.5 Å². The van der Waals surface area contributed by atoms with Crippen LogP contribution in [0.2, 0.25) is 0 Å². The molecule has 7 nitrogen and oxygen atoms in total. The molecule has 0 unspecified atom stereocenters. The van der Waals surface area contributed by atoms with E-state index >= 15 is 0 Å². The number of carbonyl (C=O) groups excluding carboxylic acids is 1. The van der Waals surface area contributed by atoms with Crippen molar-refractivity contribution >= 4 is 44.8 Å². The molecule has 0 heterocycles. The molecule has 0 aromatic carbocycles. The van der Waals surface area contributed by atoms with Crippen LogP contribution in [-0.4, -0.2) is 47.9 Å². The summed E-state index contributed by atoms with van der Waals surface area (Å²) in [5.41, 5.74) is 9.25. The van der Waals surface area contributed by atoms with Crippen LogP contribution in [0.1, 0.15) is 6.92 Å². The van der Waals surface area contributed by atoms with Gasteiger partial charge in [-0.1, -0.05) is 12.6 Å². The van der Waals surface area contributed by atoms with Crippen LogP contribution < -0.4 is 11.5 Å². The molecule has 10 heteroatoms. The molecular formula is C7H19N2O5S2Si. The Morgan fingerprint density at radius 1 is 1.24 bits per heavy atom. The molecule has 17 heavy (non-hydrogen) atoms. The average molecular weight is 303 g/mol. The highest BCUT2D eigenvalue weighted by molar-refractivity contribution is 7.96. The average Bonchev–Trinajstić information content (AvgIpc) is 2.20. The van der Waals surface area contributed by atoms with E-state index in [4.69, 9.17) is 23.8 Å². The second kappa shape index (κ2) is 18.0. The maximum absolute atomic E-state index is 9.09. The van der Waals surface area contributed by atoms with Gasteiger partial charge in [0.25, 0.3) is 10.4 Å². The van der Waals surface area contributed by atoms with Gasteiger partial charge in [0.1, 0.15) is 0 Å². The van der Waals surface area contributed by atoms with Gasteiger partial charge >= 0.3 is 9.53 Å². The van der Waals surface area contributed by atoms with Gasteiger partial charge in [-0.05, 0) is 19.1 Å². The van der Waals surface area contributed by atoms with E-state index in [0.717, 1.165) is 0 Å². The number of hydrogen-bond donors (Lipinski definition) is 3. The first-order valence-corrected chi connectivity index (χ1v) is 6.33. The summed E-state index contributed by atoms with van der Waals surface area (Å²) in [6, 6.07) is 0. The third-order valence-corrected chi connectivity index (χ3v) is 1.90. The van der Waals surface area contributed by atoms with Crippen molar-refractivity contribution in [3.05, 3.63) is 0 Å². The molecule has 0 saturated carbocycles. The lowest BCUT2D eigenvalue weighted by molar-refractivity contribution is 0.163. The molecule has 0 rings (SSSR count). The Balaban J connectivity index is -0.000000180. The fourth-order valence-electron chi connectivity index (χ4n) is 0.392. The number of rotatable bonds is 4. The molecule has 0 aromatic rings. The fourth-order valence-corrected chi connectivity index (χ4v) is 1.01. The van der Waals surface area contributed by atoms with Crippen molar-refractivity contribution in [3.63, 3.8) is 0 Å². The van der Waals surface area contributed by atoms with Crippen molar-refractivity contribution in [3.8, 4) is 0 Å². The highest BCUT2D eigenvalue weighted by atomic mass is 32.1. The molecule has 1 radical (unpaired) electrons. The molecule has 0 aliphatic rings. The van der Waals surface area contributed by atoms with Crippen LogP contribution in [0.4, 0.5) is 4.79 Å². The topological polar surface area (TPSA) is 106 Å². The summed E-state index contributed by atoms with van der Waals surface area (Å²) >= 11 is 7.46. The summed E-state index contributed by atoms with van der Waals surface area (Å²) in [6.07, 6.45) is 0. The maximum Gasteiger partial charge on any atom is 0.576 e. The van der Waals surface area contributed by atoms with Gasteiger partial charge in [0, 0.05) is 21.3 Å². The molecule has 0 spiro atoms. The Labute approximate surface area is 114 Å². The van der Waals surface area contributed by atoms with Gasteiger partial charge in [-0.2, -0.15) is 0 Å². The van der Waals surface area contributed by atoms with E-state index in [2.05, 4.69) is 35.3 Å². The van der Waals surface area contributed by atoms with Gasteiger partial charge in [0.05, 0.1) is 6.61 Å². The Bertz CT molecular complexity index is 186. The summed E-state index contributed by atoms with van der Waals surface area (Å²) in [7, 11) is 3.31. The van der Waals surface area contributed by atoms with E-state index in [1.165, 1.54) is 0 Å². The molecule has 0 aliphatic carbocycles. The van der Waals surface area contributed by atoms with Crippen LogP contribution in [-0.2, 0) is 18.0 Å². The van der Waals surface area contributed by atoms with E-state index in [-0.39, 0.29) is 5.17 Å². The predicted molar refractivity (Wildman–Crippen MR) is 73.8 cm³/mol. The minimum Gasteiger partial charge on any atom is -0.472 e. The van der Waals surface area contributed by atoms with Crippen LogP contribution in [0, 0.1) is 0 Å². The van der Waals surface area contributed by atoms with Crippen molar-refractivity contribution in [2.75, 3.05) is 27.9 Å². The Hall–Kier alpha value is -0.393. The minimum absolute atomic E-state index is 0.123. The maximum atomic E-state index is 9.09. The smallest absolute Gasteiger partial charge is 0.472 e. The lowest BCUT2D eigenvalue weighted by atomic mass is 10.9. The lowest BCUT2D eigenvalue weighted by Crippen LogP contribution is -2.21. The number of thiol groups is 1. The van der Waals surface area contributed by atoms with Crippen LogP contribution in [0.15, 0.2) is 0 Å². The van der Waals surface area contributed by atoms with Crippen LogP contribution in [0.5, 0.6) is 0 Å². The third-order valence-electron chi connectivity index (χ3n) is 0.787. The SMILES string of the molecule is CCOC(N)=S.CO[Si](OC)OC.NC(=O)S. The predicted octanol–water partition coefficient (Wildman–Crippen LogP) is 0.172. The third kappa shape index (κ3) is 39.0. The van der Waals surface area contributed by atoms with Crippen molar-refractivity contribution < 1.29 is 22.8 Å². The van der Waals surface area contributed by atoms with Gasteiger partial charge in [0.2, 0.25) is 0 Å². The number of hydrogen-bond acceptors (Lipinski definition) is 6. The van der Waals surface area contributed by atoms with E-state index in [1.54, 1.807) is 21.3 Å². The fraction of sp³-hybridized carbons (Fsp3) is 0.714. The van der Waals surface area contributed by atoms with Crippen LogP contribution in [0.3, 0.4) is 0 Å². The molecule has 0 aliphatic heterocycles. The van der Waals surface area contributed by atoms with Crippen LogP contribution in [0.25, 0.3) is 0 Å². The quantitative estimate of drug-likeness (QED) is 0.386. The highest BCUT2D eigenvalue weighted by Crippen LogP contribution is 1.81. The Morgan fingerprint density at radius 2 is 1.53 bits per heavy atom. The van der Waals surface area contributed by atoms with Crippen molar-refractivity contribution in [1.82, 2.24) is 0 Å². The summed E-state index contributed by atoms with van der Waals surface area (Å²) < 4.78 is 18.7. The number of thiocarbonyl (C=S) groups is 1. The lowest BCUT2D eigenvalue weighted by Gasteiger charge is -2.02. The first-order valence-electron chi connectivity index (χ1n) is 4.25. The zero-order chi connectivity index (χ0) is 14.3. The van der Waals surface area contributed by atoms with E-state index in [1.807, 2.05) is 6.92 Å². The van der Waals surface area contributed by atoms with E-state index in [9.17, 15) is 0 Å². The number of nitrogens with two attached hydrogens (primary N) is 2. The minimum atomic E-state index is -1.36. The monoisotopic (exact) mass is 303 g/mol. The molecule has 0 fully saturated rings. The standard InChI is InChI=1S/C3H7NOS.C3H9O3Si.CH3NOS/c1-2-5-3(4)6;1-4-7(5-2)6-3;2-1(3)4/h2H2,1H3,(H2,4,6);1-3H3;(H3,2,3,4). The molecule has 0 aromatic heterocycles. The molecular weight excluding hydrogens is 284 g/mol. The van der Waals surface area contributed by atoms with Gasteiger partial charge in [0.15, 0.2) is 0 Å². The number of ether oxygens (including phenoxy) is 1. The summed E-state index contributed by atoms with van der Waals surface area (Å²) in [6.45, 7) is 2.40. The molecule has 0 atom stereocenters. The Kier molecular flexibility index (Phi) is 23.1. The highest BCUT2D eigenvalue weighted by Gasteiger charge is 2.09. The van der Waals surface area contributed by atoms with Gasteiger partial charge in [-0.15, -0.1) is 0 Å². The van der Waals surface area contributed by atoms with E-state index < -0.39 is 14.8 Å². The Morgan fingerprint density at radius 3 is 1.53 bits per heavy atom. The zero-order valence-electron chi connectivity index (χ0n) is 10.3. The molecule has 0 saturated heterocycles. The molecule has 103 valence electrons. The summed E-state index contributed by atoms with van der Waals surface area (Å²) in [5.74, 6) is 0. The van der Waals surface area contributed by atoms with Crippen molar-refractivity contribution in [1.29, 1.82) is 0 Å². The number of amides is 1. The first kappa shape index (κ1) is 21.8. The van der Waals surface area contributed by atoms with Gasteiger partial charge in [-0.25, -0.2) is 0 Å². The van der Waals surface area contributed by atoms with Gasteiger partial charge < -0.3 is 29.5 Å². The number of carbonyl (C=O) groups is 1. The second-order valence-corrected chi connectivity index (χ2v) is 4.52.